The van der Waals surface area contributed by atoms with Gasteiger partial charge < -0.3 is 10.6 Å². The van der Waals surface area contributed by atoms with Gasteiger partial charge in [-0.3, -0.25) is 9.78 Å². The smallest absolute Gasteiger partial charge is 0.221 e. The number of rotatable bonds is 6. The molecule has 0 saturated carbocycles. The monoisotopic (exact) mass is 377 g/mol. The fourth-order valence-corrected chi connectivity index (χ4v) is 4.15. The van der Waals surface area contributed by atoms with E-state index in [-0.39, 0.29) is 30.7 Å². The van der Waals surface area contributed by atoms with Crippen molar-refractivity contribution in [3.05, 3.63) is 30.1 Å². The van der Waals surface area contributed by atoms with Crippen LogP contribution < -0.4 is 10.6 Å². The minimum absolute atomic E-state index is 0. The van der Waals surface area contributed by atoms with Gasteiger partial charge in [0.1, 0.15) is 0 Å². The molecule has 2 saturated heterocycles. The van der Waals surface area contributed by atoms with Crippen LogP contribution in [0, 0.1) is 0 Å². The standard InChI is InChI=1S/C16H23N3OS.2ClH/c20-16(6-8-21-11-14-3-1-2-7-17-14)19-15-9-12-4-5-13(10-15)18-12;;/h1-3,7,12-13,15,18H,4-6,8-11H2,(H,19,20);2*1H. The molecule has 2 unspecified atom stereocenters. The van der Waals surface area contributed by atoms with E-state index >= 15 is 0 Å². The van der Waals surface area contributed by atoms with Gasteiger partial charge >= 0.3 is 0 Å². The highest BCUT2D eigenvalue weighted by Crippen LogP contribution is 2.26. The average Bonchev–Trinajstić information content (AvgIpc) is 2.84. The van der Waals surface area contributed by atoms with E-state index in [1.807, 2.05) is 24.4 Å². The number of thioether (sulfide) groups is 1. The van der Waals surface area contributed by atoms with Crippen molar-refractivity contribution in [2.45, 2.75) is 56.0 Å². The summed E-state index contributed by atoms with van der Waals surface area (Å²) in [5.74, 6) is 1.95. The first-order valence-corrected chi connectivity index (χ1v) is 8.98. The van der Waals surface area contributed by atoms with Gasteiger partial charge in [0.15, 0.2) is 0 Å². The minimum Gasteiger partial charge on any atom is -0.353 e. The SMILES string of the molecule is Cl.Cl.O=C(CCSCc1ccccn1)NC1CC2CCC(C1)N2. The number of carbonyl (C=O) groups excluding carboxylic acids is 1. The number of nitrogens with one attached hydrogen (secondary N) is 2. The largest absolute Gasteiger partial charge is 0.353 e. The first-order valence-electron chi connectivity index (χ1n) is 7.82. The Morgan fingerprint density at radius 1 is 1.26 bits per heavy atom. The van der Waals surface area contributed by atoms with Crippen LogP contribution in [0.15, 0.2) is 24.4 Å². The van der Waals surface area contributed by atoms with E-state index in [1.54, 1.807) is 11.8 Å². The Morgan fingerprint density at radius 3 is 2.65 bits per heavy atom. The number of hydrogen-bond donors (Lipinski definition) is 2. The van der Waals surface area contributed by atoms with Crippen molar-refractivity contribution in [1.82, 2.24) is 15.6 Å². The summed E-state index contributed by atoms with van der Waals surface area (Å²) in [6.07, 6.45) is 7.17. The molecular weight excluding hydrogens is 353 g/mol. The number of pyridine rings is 1. The van der Waals surface area contributed by atoms with Gasteiger partial charge in [-0.2, -0.15) is 11.8 Å². The molecule has 23 heavy (non-hydrogen) atoms. The molecule has 0 aromatic carbocycles. The van der Waals surface area contributed by atoms with E-state index in [1.165, 1.54) is 12.8 Å². The van der Waals surface area contributed by atoms with E-state index in [4.69, 9.17) is 0 Å². The maximum Gasteiger partial charge on any atom is 0.221 e. The number of hydrogen-bond acceptors (Lipinski definition) is 4. The zero-order valence-corrected chi connectivity index (χ0v) is 15.5. The van der Waals surface area contributed by atoms with E-state index in [0.717, 1.165) is 30.0 Å². The summed E-state index contributed by atoms with van der Waals surface area (Å²) in [6.45, 7) is 0. The van der Waals surface area contributed by atoms with Crippen LogP contribution in [0.1, 0.15) is 37.8 Å². The summed E-state index contributed by atoms with van der Waals surface area (Å²) >= 11 is 1.77. The summed E-state index contributed by atoms with van der Waals surface area (Å²) in [5, 5.41) is 6.81. The van der Waals surface area contributed by atoms with Crippen molar-refractivity contribution in [3.8, 4) is 0 Å². The summed E-state index contributed by atoms with van der Waals surface area (Å²) in [5.41, 5.74) is 1.08. The number of halogens is 2. The highest BCUT2D eigenvalue weighted by molar-refractivity contribution is 7.98. The molecule has 2 aliphatic heterocycles. The molecule has 1 amide bonds. The fraction of sp³-hybridized carbons (Fsp3) is 0.625. The topological polar surface area (TPSA) is 54.0 Å². The van der Waals surface area contributed by atoms with Crippen molar-refractivity contribution >= 4 is 42.5 Å². The van der Waals surface area contributed by atoms with Crippen molar-refractivity contribution in [3.63, 3.8) is 0 Å². The predicted molar refractivity (Wildman–Crippen MR) is 101 cm³/mol. The molecule has 4 nitrogen and oxygen atoms in total. The zero-order chi connectivity index (χ0) is 14.5. The van der Waals surface area contributed by atoms with Crippen LogP contribution >= 0.6 is 36.6 Å². The number of amides is 1. The van der Waals surface area contributed by atoms with Crippen molar-refractivity contribution in [2.24, 2.45) is 0 Å². The molecule has 7 heteroatoms. The first-order chi connectivity index (χ1) is 10.3. The molecule has 3 rings (SSSR count). The van der Waals surface area contributed by atoms with Crippen molar-refractivity contribution < 1.29 is 4.79 Å². The van der Waals surface area contributed by atoms with Crippen LogP contribution in [0.2, 0.25) is 0 Å². The number of carbonyl (C=O) groups is 1. The Morgan fingerprint density at radius 2 is 2.00 bits per heavy atom. The molecule has 2 fully saturated rings. The molecule has 2 bridgehead atoms. The third kappa shape index (κ3) is 6.49. The van der Waals surface area contributed by atoms with Gasteiger partial charge in [0.05, 0.1) is 5.69 Å². The second-order valence-electron chi connectivity index (χ2n) is 6.00. The predicted octanol–water partition coefficient (Wildman–Crippen LogP) is 2.95. The molecule has 2 aliphatic rings. The molecule has 0 aliphatic carbocycles. The third-order valence-electron chi connectivity index (χ3n) is 4.29. The van der Waals surface area contributed by atoms with Crippen LogP contribution in [-0.4, -0.2) is 34.8 Å². The molecule has 1 aromatic heterocycles. The lowest BCUT2D eigenvalue weighted by Gasteiger charge is -2.29. The van der Waals surface area contributed by atoms with Crippen LogP contribution in [0.25, 0.3) is 0 Å². The summed E-state index contributed by atoms with van der Waals surface area (Å²) in [6, 6.07) is 7.60. The zero-order valence-electron chi connectivity index (χ0n) is 13.1. The molecular formula is C16H25Cl2N3OS. The summed E-state index contributed by atoms with van der Waals surface area (Å²) in [4.78, 5) is 16.3. The molecule has 2 N–H and O–H groups in total. The molecule has 0 radical (unpaired) electrons. The minimum atomic E-state index is 0. The van der Waals surface area contributed by atoms with E-state index in [2.05, 4.69) is 15.6 Å². The van der Waals surface area contributed by atoms with Crippen molar-refractivity contribution in [1.29, 1.82) is 0 Å². The van der Waals surface area contributed by atoms with E-state index in [9.17, 15) is 4.79 Å². The average molecular weight is 378 g/mol. The van der Waals surface area contributed by atoms with Gasteiger partial charge in [-0.05, 0) is 37.8 Å². The van der Waals surface area contributed by atoms with E-state index in [0.29, 0.717) is 24.5 Å². The Kier molecular flexibility index (Phi) is 9.29. The van der Waals surface area contributed by atoms with Gasteiger partial charge in [-0.1, -0.05) is 6.07 Å². The molecule has 1 aromatic rings. The third-order valence-corrected chi connectivity index (χ3v) is 5.28. The second-order valence-corrected chi connectivity index (χ2v) is 7.10. The number of fused-ring (bicyclic) bond motifs is 2. The van der Waals surface area contributed by atoms with Crippen LogP contribution in [0.4, 0.5) is 0 Å². The van der Waals surface area contributed by atoms with Crippen LogP contribution in [0.5, 0.6) is 0 Å². The fourth-order valence-electron chi connectivity index (χ4n) is 3.30. The Bertz CT molecular complexity index is 466. The lowest BCUT2D eigenvalue weighted by molar-refractivity contribution is -0.121. The van der Waals surface area contributed by atoms with Crippen LogP contribution in [-0.2, 0) is 10.5 Å². The Labute approximate surface area is 154 Å². The molecule has 130 valence electrons. The highest BCUT2D eigenvalue weighted by Gasteiger charge is 2.33. The molecule has 2 atom stereocenters. The summed E-state index contributed by atoms with van der Waals surface area (Å²) < 4.78 is 0. The van der Waals surface area contributed by atoms with Gasteiger partial charge in [0.25, 0.3) is 0 Å². The maximum absolute atomic E-state index is 12.0. The lowest BCUT2D eigenvalue weighted by atomic mass is 10.00. The quantitative estimate of drug-likeness (QED) is 0.748. The highest BCUT2D eigenvalue weighted by atomic mass is 35.5. The number of piperidine rings is 1. The maximum atomic E-state index is 12.0. The van der Waals surface area contributed by atoms with Gasteiger partial charge in [-0.15, -0.1) is 24.8 Å². The lowest BCUT2D eigenvalue weighted by Crippen LogP contribution is -2.48. The summed E-state index contributed by atoms with van der Waals surface area (Å²) in [7, 11) is 0. The number of nitrogens with zero attached hydrogens (tertiary/aromatic N) is 1. The number of aromatic nitrogens is 1. The van der Waals surface area contributed by atoms with Crippen LogP contribution in [0.3, 0.4) is 0 Å². The Balaban J connectivity index is 0.00000132. The molecule has 3 heterocycles. The van der Waals surface area contributed by atoms with E-state index < -0.39 is 0 Å². The normalized spacial score (nSPS) is 25.1. The van der Waals surface area contributed by atoms with Gasteiger partial charge in [-0.25, -0.2) is 0 Å². The first kappa shape index (κ1) is 20.6. The van der Waals surface area contributed by atoms with Gasteiger partial charge in [0, 0.05) is 42.2 Å². The van der Waals surface area contributed by atoms with Crippen molar-refractivity contribution in [2.75, 3.05) is 5.75 Å². The van der Waals surface area contributed by atoms with Gasteiger partial charge in [0.2, 0.25) is 5.91 Å². The molecule has 0 spiro atoms. The Hall–Kier alpha value is -0.490. The second kappa shape index (κ2) is 10.4.